The normalized spacial score (nSPS) is 11.3. The first-order chi connectivity index (χ1) is 15.8. The Balaban J connectivity index is 1.71. The molecule has 0 aliphatic rings. The molecule has 5 heteroatoms. The average Bonchev–Trinajstić information content (AvgIpc) is 3.20. The van der Waals surface area contributed by atoms with Gasteiger partial charge in [0.1, 0.15) is 0 Å². The van der Waals surface area contributed by atoms with Crippen LogP contribution < -0.4 is 0 Å². The number of hydrogen-bond donors (Lipinski definition) is 0. The van der Waals surface area contributed by atoms with Crippen LogP contribution in [-0.2, 0) is 0 Å². The smallest absolute Gasteiger partial charge is 0.238 e. The molecule has 0 unspecified atom stereocenters. The maximum atomic E-state index is 6.62. The summed E-state index contributed by atoms with van der Waals surface area (Å²) in [6.07, 6.45) is 0. The SMILES string of the molecule is Clc1cccc2c1c1ccccc1n2-c1nc(-c2ccccc2)nc(-c2ccccc2)n1. The Bertz CT molecular complexity index is 1520. The molecule has 4 aromatic carbocycles. The predicted molar refractivity (Wildman–Crippen MR) is 130 cm³/mol. The molecular formula is C27H17ClN4. The predicted octanol–water partition coefficient (Wildman–Crippen LogP) is 6.96. The highest BCUT2D eigenvalue weighted by molar-refractivity contribution is 6.38. The molecule has 0 N–H and O–H groups in total. The number of fused-ring (bicyclic) bond motifs is 3. The molecule has 0 spiro atoms. The van der Waals surface area contributed by atoms with Crippen molar-refractivity contribution in [3.05, 3.63) is 108 Å². The third-order valence-corrected chi connectivity index (χ3v) is 5.85. The van der Waals surface area contributed by atoms with E-state index in [1.54, 1.807) is 0 Å². The summed E-state index contributed by atoms with van der Waals surface area (Å²) in [5, 5.41) is 2.77. The molecule has 0 saturated carbocycles. The minimum absolute atomic E-state index is 0.561. The highest BCUT2D eigenvalue weighted by Gasteiger charge is 2.18. The summed E-state index contributed by atoms with van der Waals surface area (Å²) in [6, 6.07) is 34.1. The molecule has 0 amide bonds. The number of para-hydroxylation sites is 1. The van der Waals surface area contributed by atoms with Crippen LogP contribution in [0.2, 0.25) is 5.02 Å². The van der Waals surface area contributed by atoms with Crippen LogP contribution in [0.3, 0.4) is 0 Å². The Labute approximate surface area is 189 Å². The summed E-state index contributed by atoms with van der Waals surface area (Å²) in [6.45, 7) is 0. The van der Waals surface area contributed by atoms with E-state index in [1.807, 2.05) is 84.9 Å². The minimum atomic E-state index is 0.561. The van der Waals surface area contributed by atoms with Crippen molar-refractivity contribution in [2.45, 2.75) is 0 Å². The Morgan fingerprint density at radius 3 is 1.75 bits per heavy atom. The summed E-state index contributed by atoms with van der Waals surface area (Å²) in [5.74, 6) is 1.82. The van der Waals surface area contributed by atoms with Crippen LogP contribution in [-0.4, -0.2) is 19.5 Å². The van der Waals surface area contributed by atoms with E-state index in [0.29, 0.717) is 22.6 Å². The monoisotopic (exact) mass is 432 g/mol. The van der Waals surface area contributed by atoms with E-state index in [4.69, 9.17) is 26.6 Å². The Hall–Kier alpha value is -4.02. The molecule has 0 fully saturated rings. The topological polar surface area (TPSA) is 43.6 Å². The first-order valence-corrected chi connectivity index (χ1v) is 10.7. The van der Waals surface area contributed by atoms with E-state index in [9.17, 15) is 0 Å². The molecule has 2 heterocycles. The third-order valence-electron chi connectivity index (χ3n) is 5.53. The minimum Gasteiger partial charge on any atom is -0.278 e. The van der Waals surface area contributed by atoms with Crippen LogP contribution >= 0.6 is 11.6 Å². The fourth-order valence-electron chi connectivity index (χ4n) is 4.09. The summed E-state index contributed by atoms with van der Waals surface area (Å²) < 4.78 is 2.07. The molecule has 32 heavy (non-hydrogen) atoms. The molecule has 6 rings (SSSR count). The summed E-state index contributed by atoms with van der Waals surface area (Å²) in [4.78, 5) is 14.6. The Kier molecular flexibility index (Phi) is 4.44. The average molecular weight is 433 g/mol. The lowest BCUT2D eigenvalue weighted by Gasteiger charge is -2.10. The highest BCUT2D eigenvalue weighted by Crippen LogP contribution is 2.36. The van der Waals surface area contributed by atoms with Crippen LogP contribution in [0.1, 0.15) is 0 Å². The van der Waals surface area contributed by atoms with E-state index in [1.165, 1.54) is 0 Å². The van der Waals surface area contributed by atoms with Gasteiger partial charge in [-0.15, -0.1) is 0 Å². The standard InChI is InChI=1S/C27H17ClN4/c28-21-15-9-17-23-24(21)20-14-7-8-16-22(20)32(23)27-30-25(18-10-3-1-4-11-18)29-26(31-27)19-12-5-2-6-13-19/h1-17H. The van der Waals surface area contributed by atoms with Gasteiger partial charge < -0.3 is 0 Å². The molecular weight excluding hydrogens is 416 g/mol. The van der Waals surface area contributed by atoms with E-state index in [2.05, 4.69) is 22.8 Å². The fourth-order valence-corrected chi connectivity index (χ4v) is 4.36. The van der Waals surface area contributed by atoms with Crippen LogP contribution in [0.15, 0.2) is 103 Å². The summed E-state index contributed by atoms with van der Waals surface area (Å²) >= 11 is 6.62. The van der Waals surface area contributed by atoms with Crippen LogP contribution in [0.5, 0.6) is 0 Å². The van der Waals surface area contributed by atoms with Gasteiger partial charge in [-0.25, -0.2) is 4.98 Å². The zero-order chi connectivity index (χ0) is 21.5. The van der Waals surface area contributed by atoms with Gasteiger partial charge in [0.2, 0.25) is 5.95 Å². The van der Waals surface area contributed by atoms with Crippen LogP contribution in [0.4, 0.5) is 0 Å². The Morgan fingerprint density at radius 1 is 0.531 bits per heavy atom. The number of benzene rings is 4. The molecule has 6 aromatic rings. The molecule has 4 nitrogen and oxygen atoms in total. The van der Waals surface area contributed by atoms with Crippen molar-refractivity contribution >= 4 is 33.4 Å². The number of halogens is 1. The van der Waals surface area contributed by atoms with E-state index < -0.39 is 0 Å². The molecule has 0 aliphatic carbocycles. The van der Waals surface area contributed by atoms with Gasteiger partial charge in [-0.2, -0.15) is 9.97 Å². The number of aromatic nitrogens is 4. The van der Waals surface area contributed by atoms with Gasteiger partial charge in [0, 0.05) is 21.9 Å². The fraction of sp³-hybridized carbons (Fsp3) is 0. The van der Waals surface area contributed by atoms with Gasteiger partial charge in [0.15, 0.2) is 11.6 Å². The van der Waals surface area contributed by atoms with Crippen molar-refractivity contribution < 1.29 is 0 Å². The van der Waals surface area contributed by atoms with Crippen molar-refractivity contribution in [1.82, 2.24) is 19.5 Å². The van der Waals surface area contributed by atoms with Gasteiger partial charge >= 0.3 is 0 Å². The summed E-state index contributed by atoms with van der Waals surface area (Å²) in [7, 11) is 0. The highest BCUT2D eigenvalue weighted by atomic mass is 35.5. The van der Waals surface area contributed by atoms with Crippen molar-refractivity contribution in [2.24, 2.45) is 0 Å². The first-order valence-electron chi connectivity index (χ1n) is 10.3. The second kappa shape index (κ2) is 7.59. The first kappa shape index (κ1) is 18.7. The second-order valence-electron chi connectivity index (χ2n) is 7.50. The third kappa shape index (κ3) is 3.04. The van der Waals surface area contributed by atoms with Gasteiger partial charge in [-0.1, -0.05) is 96.5 Å². The molecule has 2 aromatic heterocycles. The zero-order valence-corrected chi connectivity index (χ0v) is 17.7. The van der Waals surface area contributed by atoms with Crippen molar-refractivity contribution in [3.63, 3.8) is 0 Å². The van der Waals surface area contributed by atoms with Gasteiger partial charge in [0.25, 0.3) is 0 Å². The number of nitrogens with zero attached hydrogens (tertiary/aromatic N) is 4. The molecule has 0 aliphatic heterocycles. The van der Waals surface area contributed by atoms with Crippen molar-refractivity contribution in [3.8, 4) is 28.7 Å². The molecule has 0 bridgehead atoms. The number of rotatable bonds is 3. The molecule has 0 radical (unpaired) electrons. The van der Waals surface area contributed by atoms with Crippen LogP contribution in [0, 0.1) is 0 Å². The van der Waals surface area contributed by atoms with Gasteiger partial charge in [-0.05, 0) is 18.2 Å². The second-order valence-corrected chi connectivity index (χ2v) is 7.91. The molecule has 0 saturated heterocycles. The van der Waals surface area contributed by atoms with E-state index in [0.717, 1.165) is 32.9 Å². The zero-order valence-electron chi connectivity index (χ0n) is 17.0. The number of hydrogen-bond acceptors (Lipinski definition) is 3. The lowest BCUT2D eigenvalue weighted by Crippen LogP contribution is -2.06. The maximum Gasteiger partial charge on any atom is 0.238 e. The van der Waals surface area contributed by atoms with Crippen molar-refractivity contribution in [2.75, 3.05) is 0 Å². The lowest BCUT2D eigenvalue weighted by atomic mass is 10.1. The molecule has 0 atom stereocenters. The van der Waals surface area contributed by atoms with Gasteiger partial charge in [-0.3, -0.25) is 4.57 Å². The van der Waals surface area contributed by atoms with E-state index >= 15 is 0 Å². The Morgan fingerprint density at radius 2 is 1.09 bits per heavy atom. The largest absolute Gasteiger partial charge is 0.278 e. The summed E-state index contributed by atoms with van der Waals surface area (Å²) in [5.41, 5.74) is 3.84. The van der Waals surface area contributed by atoms with Crippen molar-refractivity contribution in [1.29, 1.82) is 0 Å². The lowest BCUT2D eigenvalue weighted by molar-refractivity contribution is 0.953. The van der Waals surface area contributed by atoms with Gasteiger partial charge in [0.05, 0.1) is 16.1 Å². The van der Waals surface area contributed by atoms with Crippen LogP contribution in [0.25, 0.3) is 50.5 Å². The quantitative estimate of drug-likeness (QED) is 0.303. The van der Waals surface area contributed by atoms with E-state index in [-0.39, 0.29) is 0 Å². The maximum absolute atomic E-state index is 6.62. The molecule has 152 valence electrons.